The number of aliphatic hydroxyl groups is 1. The highest BCUT2D eigenvalue weighted by molar-refractivity contribution is 5.76. The zero-order chi connectivity index (χ0) is 12.5. The van der Waals surface area contributed by atoms with Crippen molar-refractivity contribution < 1.29 is 9.90 Å². The Labute approximate surface area is 105 Å². The number of unbranched alkanes of at least 4 members (excludes halogenated alkanes) is 1. The van der Waals surface area contributed by atoms with Crippen LogP contribution in [0.2, 0.25) is 0 Å². The Hall–Kier alpha value is -0.570. The summed E-state index contributed by atoms with van der Waals surface area (Å²) in [6.45, 7) is 2.35. The maximum atomic E-state index is 11.7. The molecule has 0 aromatic rings. The van der Waals surface area contributed by atoms with Crippen molar-refractivity contribution in [2.24, 2.45) is 5.92 Å². The number of carbonyl (C=O) groups excluding carboxylic acids is 1. The minimum absolute atomic E-state index is 0.163. The predicted molar refractivity (Wildman–Crippen MR) is 69.7 cm³/mol. The SMILES string of the molecule is CCC(NC(=O)CCCCO)C1CCCCC1. The van der Waals surface area contributed by atoms with E-state index in [-0.39, 0.29) is 12.5 Å². The van der Waals surface area contributed by atoms with E-state index in [9.17, 15) is 4.79 Å². The van der Waals surface area contributed by atoms with Crippen LogP contribution in [-0.2, 0) is 4.79 Å². The van der Waals surface area contributed by atoms with Gasteiger partial charge in [0, 0.05) is 19.1 Å². The lowest BCUT2D eigenvalue weighted by atomic mass is 9.83. The molecule has 0 saturated heterocycles. The van der Waals surface area contributed by atoms with Gasteiger partial charge in [0.25, 0.3) is 0 Å². The zero-order valence-corrected chi connectivity index (χ0v) is 11.1. The van der Waals surface area contributed by atoms with Crippen LogP contribution in [0.5, 0.6) is 0 Å². The molecule has 3 nitrogen and oxygen atoms in total. The number of hydrogen-bond donors (Lipinski definition) is 2. The minimum atomic E-state index is 0.163. The highest BCUT2D eigenvalue weighted by Gasteiger charge is 2.23. The Morgan fingerprint density at radius 2 is 2.00 bits per heavy atom. The van der Waals surface area contributed by atoms with E-state index < -0.39 is 0 Å². The quantitative estimate of drug-likeness (QED) is 0.673. The van der Waals surface area contributed by atoms with E-state index >= 15 is 0 Å². The van der Waals surface area contributed by atoms with Crippen LogP contribution in [0.25, 0.3) is 0 Å². The van der Waals surface area contributed by atoms with Crippen molar-refractivity contribution in [3.8, 4) is 0 Å². The third kappa shape index (κ3) is 5.53. The summed E-state index contributed by atoms with van der Waals surface area (Å²) in [7, 11) is 0. The van der Waals surface area contributed by atoms with Gasteiger partial charge in [-0.2, -0.15) is 0 Å². The molecule has 0 aromatic heterocycles. The first-order chi connectivity index (χ1) is 8.27. The van der Waals surface area contributed by atoms with Crippen molar-refractivity contribution in [2.75, 3.05) is 6.61 Å². The molecule has 1 amide bonds. The molecule has 1 fully saturated rings. The summed E-state index contributed by atoms with van der Waals surface area (Å²) in [6.07, 6.45) is 9.67. The van der Waals surface area contributed by atoms with Gasteiger partial charge in [-0.1, -0.05) is 26.2 Å². The molecule has 0 aromatic carbocycles. The summed E-state index contributed by atoms with van der Waals surface area (Å²) >= 11 is 0. The maximum Gasteiger partial charge on any atom is 0.220 e. The van der Waals surface area contributed by atoms with E-state index in [1.165, 1.54) is 32.1 Å². The van der Waals surface area contributed by atoms with E-state index in [0.717, 1.165) is 19.3 Å². The monoisotopic (exact) mass is 241 g/mol. The van der Waals surface area contributed by atoms with Crippen molar-refractivity contribution in [3.63, 3.8) is 0 Å². The Kier molecular flexibility index (Phi) is 7.25. The van der Waals surface area contributed by atoms with Crippen molar-refractivity contribution in [3.05, 3.63) is 0 Å². The first-order valence-corrected chi connectivity index (χ1v) is 7.18. The van der Waals surface area contributed by atoms with Crippen LogP contribution < -0.4 is 5.32 Å². The summed E-state index contributed by atoms with van der Waals surface area (Å²) in [6, 6.07) is 0.372. The fraction of sp³-hybridized carbons (Fsp3) is 0.929. The minimum Gasteiger partial charge on any atom is -0.396 e. The first-order valence-electron chi connectivity index (χ1n) is 7.18. The third-order valence-corrected chi connectivity index (χ3v) is 3.82. The summed E-state index contributed by atoms with van der Waals surface area (Å²) < 4.78 is 0. The molecule has 1 saturated carbocycles. The van der Waals surface area contributed by atoms with Crippen LogP contribution in [0.15, 0.2) is 0 Å². The van der Waals surface area contributed by atoms with E-state index in [1.807, 2.05) is 0 Å². The number of aliphatic hydroxyl groups excluding tert-OH is 1. The summed E-state index contributed by atoms with van der Waals surface area (Å²) in [5, 5.41) is 11.9. The molecule has 3 heteroatoms. The van der Waals surface area contributed by atoms with Gasteiger partial charge in [0.1, 0.15) is 0 Å². The lowest BCUT2D eigenvalue weighted by molar-refractivity contribution is -0.122. The second-order valence-corrected chi connectivity index (χ2v) is 5.16. The van der Waals surface area contributed by atoms with Crippen LogP contribution in [0.1, 0.15) is 64.7 Å². The Bertz CT molecular complexity index is 212. The smallest absolute Gasteiger partial charge is 0.220 e. The Morgan fingerprint density at radius 1 is 1.29 bits per heavy atom. The van der Waals surface area contributed by atoms with Gasteiger partial charge in [0.05, 0.1) is 0 Å². The maximum absolute atomic E-state index is 11.7. The predicted octanol–water partition coefficient (Wildman–Crippen LogP) is 2.62. The van der Waals surface area contributed by atoms with Crippen molar-refractivity contribution in [2.45, 2.75) is 70.8 Å². The van der Waals surface area contributed by atoms with Crippen LogP contribution >= 0.6 is 0 Å². The molecule has 0 aliphatic heterocycles. The standard InChI is InChI=1S/C14H27NO2/c1-2-13(12-8-4-3-5-9-12)15-14(17)10-6-7-11-16/h12-13,16H,2-11H2,1H3,(H,15,17). The van der Waals surface area contributed by atoms with Gasteiger partial charge in [-0.25, -0.2) is 0 Å². The van der Waals surface area contributed by atoms with Crippen LogP contribution in [0, 0.1) is 5.92 Å². The lowest BCUT2D eigenvalue weighted by Gasteiger charge is -2.30. The molecule has 1 atom stereocenters. The van der Waals surface area contributed by atoms with Crippen molar-refractivity contribution in [1.82, 2.24) is 5.32 Å². The summed E-state index contributed by atoms with van der Waals surface area (Å²) in [4.78, 5) is 11.7. The van der Waals surface area contributed by atoms with E-state index in [0.29, 0.717) is 18.4 Å². The first kappa shape index (κ1) is 14.5. The van der Waals surface area contributed by atoms with Gasteiger partial charge >= 0.3 is 0 Å². The Morgan fingerprint density at radius 3 is 2.59 bits per heavy atom. The summed E-state index contributed by atoms with van der Waals surface area (Å²) in [5.74, 6) is 0.853. The number of amides is 1. The Balaban J connectivity index is 2.27. The molecule has 0 bridgehead atoms. The van der Waals surface area contributed by atoms with Crippen molar-refractivity contribution >= 4 is 5.91 Å². The fourth-order valence-corrected chi connectivity index (χ4v) is 2.77. The number of rotatable bonds is 7. The number of hydrogen-bond acceptors (Lipinski definition) is 2. The normalized spacial score (nSPS) is 18.9. The van der Waals surface area contributed by atoms with E-state index in [4.69, 9.17) is 5.11 Å². The molecule has 0 spiro atoms. The summed E-state index contributed by atoms with van der Waals surface area (Å²) in [5.41, 5.74) is 0. The molecule has 0 radical (unpaired) electrons. The van der Waals surface area contributed by atoms with Crippen LogP contribution in [0.4, 0.5) is 0 Å². The van der Waals surface area contributed by atoms with Gasteiger partial charge in [0.2, 0.25) is 5.91 Å². The van der Waals surface area contributed by atoms with Crippen LogP contribution in [-0.4, -0.2) is 23.7 Å². The van der Waals surface area contributed by atoms with Gasteiger partial charge < -0.3 is 10.4 Å². The lowest BCUT2D eigenvalue weighted by Crippen LogP contribution is -2.40. The molecule has 100 valence electrons. The molecule has 2 N–H and O–H groups in total. The largest absolute Gasteiger partial charge is 0.396 e. The van der Waals surface area contributed by atoms with Gasteiger partial charge in [-0.3, -0.25) is 4.79 Å². The molecule has 0 heterocycles. The van der Waals surface area contributed by atoms with Gasteiger partial charge in [0.15, 0.2) is 0 Å². The third-order valence-electron chi connectivity index (χ3n) is 3.82. The molecule has 1 aliphatic carbocycles. The number of nitrogens with one attached hydrogen (secondary N) is 1. The fourth-order valence-electron chi connectivity index (χ4n) is 2.77. The zero-order valence-electron chi connectivity index (χ0n) is 11.1. The van der Waals surface area contributed by atoms with Gasteiger partial charge in [-0.05, 0) is 38.0 Å². The molecule has 1 aliphatic rings. The second-order valence-electron chi connectivity index (χ2n) is 5.16. The molecule has 1 rings (SSSR count). The number of carbonyl (C=O) groups is 1. The average Bonchev–Trinajstić information content (AvgIpc) is 2.37. The highest BCUT2D eigenvalue weighted by Crippen LogP contribution is 2.27. The molecular weight excluding hydrogens is 214 g/mol. The second kappa shape index (κ2) is 8.51. The topological polar surface area (TPSA) is 49.3 Å². The van der Waals surface area contributed by atoms with Crippen LogP contribution in [0.3, 0.4) is 0 Å². The average molecular weight is 241 g/mol. The van der Waals surface area contributed by atoms with E-state index in [2.05, 4.69) is 12.2 Å². The molecule has 17 heavy (non-hydrogen) atoms. The highest BCUT2D eigenvalue weighted by atomic mass is 16.2. The van der Waals surface area contributed by atoms with E-state index in [1.54, 1.807) is 0 Å². The molecule has 1 unspecified atom stereocenters. The van der Waals surface area contributed by atoms with Crippen molar-refractivity contribution in [1.29, 1.82) is 0 Å². The van der Waals surface area contributed by atoms with Gasteiger partial charge in [-0.15, -0.1) is 0 Å². The molecular formula is C14H27NO2.